The van der Waals surface area contributed by atoms with Gasteiger partial charge < -0.3 is 5.11 Å². The first-order valence-corrected chi connectivity index (χ1v) is 16.4. The predicted octanol–water partition coefficient (Wildman–Crippen LogP) is 10.3. The van der Waals surface area contributed by atoms with E-state index in [0.29, 0.717) is 11.2 Å². The Morgan fingerprint density at radius 1 is 0.763 bits per heavy atom. The summed E-state index contributed by atoms with van der Waals surface area (Å²) < 4.78 is 0. The monoisotopic (exact) mass is 522 g/mol. The summed E-state index contributed by atoms with van der Waals surface area (Å²) in [5, 5.41) is 13.6. The number of phenols is 1. The molecule has 1 spiro atoms. The van der Waals surface area contributed by atoms with E-state index in [1.165, 1.54) is 109 Å². The van der Waals surface area contributed by atoms with Crippen LogP contribution in [0, 0.1) is 24.2 Å². The highest BCUT2D eigenvalue weighted by molar-refractivity contribution is 7.98. The van der Waals surface area contributed by atoms with Gasteiger partial charge in [-0.1, -0.05) is 74.9 Å². The summed E-state index contributed by atoms with van der Waals surface area (Å²) in [5.74, 6) is 2.13. The van der Waals surface area contributed by atoms with Gasteiger partial charge in [0, 0.05) is 15.7 Å². The van der Waals surface area contributed by atoms with Crippen molar-refractivity contribution < 1.29 is 5.11 Å². The Hall–Kier alpha value is -2.19. The normalized spacial score (nSPS) is 25.1. The second kappa shape index (κ2) is 9.47. The molecule has 38 heavy (non-hydrogen) atoms. The van der Waals surface area contributed by atoms with E-state index in [4.69, 9.17) is 0 Å². The van der Waals surface area contributed by atoms with Gasteiger partial charge in [0.25, 0.3) is 0 Å². The lowest BCUT2D eigenvalue weighted by Gasteiger charge is -2.52. The van der Waals surface area contributed by atoms with Crippen LogP contribution in [0.4, 0.5) is 0 Å². The van der Waals surface area contributed by atoms with Crippen molar-refractivity contribution in [3.8, 4) is 16.9 Å². The van der Waals surface area contributed by atoms with Crippen molar-refractivity contribution in [2.45, 2.75) is 94.3 Å². The molecule has 0 amide bonds. The van der Waals surface area contributed by atoms with Crippen LogP contribution in [-0.4, -0.2) is 11.4 Å². The Labute approximate surface area is 233 Å². The number of hydrogen-bond acceptors (Lipinski definition) is 2. The molecule has 1 unspecified atom stereocenters. The van der Waals surface area contributed by atoms with Crippen LogP contribution in [0.5, 0.6) is 5.75 Å². The van der Waals surface area contributed by atoms with Crippen LogP contribution in [0.25, 0.3) is 21.9 Å². The van der Waals surface area contributed by atoms with Crippen molar-refractivity contribution in [1.82, 2.24) is 0 Å². The summed E-state index contributed by atoms with van der Waals surface area (Å²) >= 11 is 1.76. The molecule has 4 aliphatic carbocycles. The average molecular weight is 523 g/mol. The summed E-state index contributed by atoms with van der Waals surface area (Å²) in [4.78, 5) is 1.25. The molecule has 198 valence electrons. The Kier molecular flexibility index (Phi) is 6.19. The smallest absolute Gasteiger partial charge is 0.123 e. The minimum atomic E-state index is -0.128. The molecule has 2 fully saturated rings. The van der Waals surface area contributed by atoms with Gasteiger partial charge in [-0.3, -0.25) is 0 Å². The number of benzene rings is 3. The number of allylic oxidation sites excluding steroid dienone is 2. The quantitative estimate of drug-likeness (QED) is 0.273. The second-order valence-electron chi connectivity index (χ2n) is 12.8. The number of rotatable bonds is 3. The van der Waals surface area contributed by atoms with Crippen LogP contribution in [0.15, 0.2) is 59.5 Å². The topological polar surface area (TPSA) is 20.2 Å². The van der Waals surface area contributed by atoms with Gasteiger partial charge >= 0.3 is 0 Å². The lowest BCUT2D eigenvalue weighted by Crippen LogP contribution is -2.43. The number of aromatic hydroxyl groups is 1. The Morgan fingerprint density at radius 3 is 2.08 bits per heavy atom. The molecule has 1 nitrogen and oxygen atoms in total. The van der Waals surface area contributed by atoms with Crippen molar-refractivity contribution in [3.63, 3.8) is 0 Å². The molecule has 1 atom stereocenters. The van der Waals surface area contributed by atoms with Gasteiger partial charge in [0.2, 0.25) is 0 Å². The van der Waals surface area contributed by atoms with E-state index >= 15 is 0 Å². The molecule has 1 N–H and O–H groups in total. The van der Waals surface area contributed by atoms with Gasteiger partial charge in [0.15, 0.2) is 0 Å². The molecule has 2 saturated carbocycles. The maximum absolute atomic E-state index is 11.4. The molecular formula is C36H42OS. The molecule has 0 aliphatic heterocycles. The minimum Gasteiger partial charge on any atom is -0.507 e. The first-order chi connectivity index (χ1) is 18.6. The fourth-order valence-electron chi connectivity index (χ4n) is 9.26. The third kappa shape index (κ3) is 3.58. The van der Waals surface area contributed by atoms with Crippen molar-refractivity contribution in [2.24, 2.45) is 17.3 Å². The largest absolute Gasteiger partial charge is 0.507 e. The van der Waals surface area contributed by atoms with Gasteiger partial charge in [-0.25, -0.2) is 0 Å². The standard InChI is InChI=1S/C36H42OS/c1-24-21-29-28(22-33(24)38-2)32(37)23-31-34(29)27-15-9-10-16-30(27)36(31)19-17-35(18-20-36,25-11-5-3-6-12-25)26-13-7-4-8-14-26/h9-10,15-17,19,21-23,25-26,37H,3-8,11-14,18,20H2,1-2H3. The Bertz CT molecular complexity index is 1390. The molecule has 7 rings (SSSR count). The number of thioether (sulfide) groups is 1. The van der Waals surface area contributed by atoms with E-state index in [1.807, 2.05) is 0 Å². The maximum atomic E-state index is 11.4. The van der Waals surface area contributed by atoms with Crippen molar-refractivity contribution in [3.05, 3.63) is 71.3 Å². The van der Waals surface area contributed by atoms with Crippen LogP contribution in [0.2, 0.25) is 0 Å². The molecular weight excluding hydrogens is 480 g/mol. The Morgan fingerprint density at radius 2 is 1.45 bits per heavy atom. The Balaban J connectivity index is 1.42. The van der Waals surface area contributed by atoms with Crippen LogP contribution in [0.3, 0.4) is 0 Å². The van der Waals surface area contributed by atoms with E-state index in [2.05, 4.69) is 67.8 Å². The number of aryl methyl sites for hydroxylation is 1. The number of fused-ring (bicyclic) bond motifs is 7. The van der Waals surface area contributed by atoms with Crippen LogP contribution in [0.1, 0.15) is 93.7 Å². The van der Waals surface area contributed by atoms with E-state index in [-0.39, 0.29) is 5.41 Å². The fraction of sp³-hybridized carbons (Fsp3) is 0.500. The van der Waals surface area contributed by atoms with Crippen LogP contribution in [-0.2, 0) is 5.41 Å². The fourth-order valence-corrected chi connectivity index (χ4v) is 9.87. The molecule has 3 aromatic rings. The van der Waals surface area contributed by atoms with Crippen molar-refractivity contribution in [2.75, 3.05) is 6.26 Å². The summed E-state index contributed by atoms with van der Waals surface area (Å²) in [6, 6.07) is 15.8. The van der Waals surface area contributed by atoms with Crippen molar-refractivity contribution >= 4 is 22.5 Å². The zero-order chi connectivity index (χ0) is 25.9. The molecule has 2 heteroatoms. The number of hydrogen-bond donors (Lipinski definition) is 1. The van der Waals surface area contributed by atoms with Crippen LogP contribution < -0.4 is 0 Å². The van der Waals surface area contributed by atoms with Gasteiger partial charge in [0.05, 0.1) is 0 Å². The van der Waals surface area contributed by atoms with Gasteiger partial charge in [-0.05, 0) is 120 Å². The minimum absolute atomic E-state index is 0.128. The SMILES string of the molecule is CSc1cc2c(O)cc3c(c2cc1C)-c1ccccc1C31C=CC(C2CCCCC2)(C2CCCCC2)CC1. The first-order valence-electron chi connectivity index (χ1n) is 15.2. The lowest BCUT2D eigenvalue weighted by molar-refractivity contribution is 0.0485. The zero-order valence-corrected chi connectivity index (χ0v) is 24.0. The molecule has 0 heterocycles. The molecule has 0 aromatic heterocycles. The highest BCUT2D eigenvalue weighted by Gasteiger charge is 2.51. The first kappa shape index (κ1) is 24.8. The molecule has 3 aromatic carbocycles. The molecule has 0 bridgehead atoms. The lowest BCUT2D eigenvalue weighted by atomic mass is 9.52. The van der Waals surface area contributed by atoms with E-state index < -0.39 is 0 Å². The highest BCUT2D eigenvalue weighted by Crippen LogP contribution is 2.62. The molecule has 0 saturated heterocycles. The summed E-state index contributed by atoms with van der Waals surface area (Å²) in [5.41, 5.74) is 7.04. The number of phenolic OH excluding ortho intramolecular Hbond substituents is 1. The zero-order valence-electron chi connectivity index (χ0n) is 23.2. The van der Waals surface area contributed by atoms with Gasteiger partial charge in [-0.2, -0.15) is 0 Å². The van der Waals surface area contributed by atoms with Crippen molar-refractivity contribution in [1.29, 1.82) is 0 Å². The predicted molar refractivity (Wildman–Crippen MR) is 162 cm³/mol. The maximum Gasteiger partial charge on any atom is 0.123 e. The third-order valence-corrected chi connectivity index (χ3v) is 12.0. The van der Waals surface area contributed by atoms with Crippen LogP contribution >= 0.6 is 11.8 Å². The third-order valence-electron chi connectivity index (χ3n) is 11.1. The highest BCUT2D eigenvalue weighted by atomic mass is 32.2. The molecule has 4 aliphatic rings. The average Bonchev–Trinajstić information content (AvgIpc) is 3.23. The molecule has 0 radical (unpaired) electrons. The van der Waals surface area contributed by atoms with E-state index in [9.17, 15) is 5.11 Å². The summed E-state index contributed by atoms with van der Waals surface area (Å²) in [7, 11) is 0. The van der Waals surface area contributed by atoms with Gasteiger partial charge in [0.1, 0.15) is 5.75 Å². The van der Waals surface area contributed by atoms with E-state index in [0.717, 1.165) is 23.6 Å². The van der Waals surface area contributed by atoms with Gasteiger partial charge in [-0.15, -0.1) is 11.8 Å². The summed E-state index contributed by atoms with van der Waals surface area (Å²) in [6.07, 6.45) is 24.2. The second-order valence-corrected chi connectivity index (χ2v) is 13.7. The van der Waals surface area contributed by atoms with E-state index in [1.54, 1.807) is 11.8 Å². The summed E-state index contributed by atoms with van der Waals surface area (Å²) in [6.45, 7) is 2.21.